The van der Waals surface area contributed by atoms with Gasteiger partial charge in [-0.15, -0.1) is 5.10 Å². The molecular weight excluding hydrogens is 217 g/mol. The van der Waals surface area contributed by atoms with Crippen LogP contribution in [0.1, 0.15) is 26.0 Å². The minimum absolute atomic E-state index is 0.185. The molecule has 0 saturated carbocycles. The third-order valence-corrected chi connectivity index (χ3v) is 3.56. The summed E-state index contributed by atoms with van der Waals surface area (Å²) in [6.07, 6.45) is 0.140. The summed E-state index contributed by atoms with van der Waals surface area (Å²) >= 11 is 0. The van der Waals surface area contributed by atoms with Gasteiger partial charge < -0.3 is 4.90 Å². The minimum Gasteiger partial charge on any atom is -0.352 e. The monoisotopic (exact) mass is 237 g/mol. The quantitative estimate of drug-likeness (QED) is 0.791. The van der Waals surface area contributed by atoms with E-state index in [-0.39, 0.29) is 5.92 Å². The zero-order valence-corrected chi connectivity index (χ0v) is 10.7. The Hall–Kier alpha value is -1.19. The van der Waals surface area contributed by atoms with Crippen LogP contribution in [0.2, 0.25) is 0 Å². The van der Waals surface area contributed by atoms with E-state index in [0.717, 1.165) is 24.5 Å². The van der Waals surface area contributed by atoms with Crippen LogP contribution in [0.3, 0.4) is 0 Å². The molecule has 0 aliphatic carbocycles. The number of piperidine rings is 1. The van der Waals surface area contributed by atoms with Crippen molar-refractivity contribution in [2.45, 2.75) is 33.4 Å². The summed E-state index contributed by atoms with van der Waals surface area (Å²) in [7, 11) is 0. The smallest absolute Gasteiger partial charge is 0.151 e. The summed E-state index contributed by atoms with van der Waals surface area (Å²) < 4.78 is 14.0. The second-order valence-electron chi connectivity index (χ2n) is 5.19. The van der Waals surface area contributed by atoms with Gasteiger partial charge in [0.2, 0.25) is 0 Å². The standard InChI is InChI=1S/C13H20FN3/c1-9(2)11-6-7-17(8-12(11)14)13-5-4-10(3)15-16-13/h4-5,9,11-12H,6-8H2,1-3H3/t11?,12-/m0/s1. The zero-order chi connectivity index (χ0) is 12.4. The molecular formula is C13H20FN3. The molecule has 0 radical (unpaired) electrons. The fraction of sp³-hybridized carbons (Fsp3) is 0.692. The second-order valence-corrected chi connectivity index (χ2v) is 5.19. The topological polar surface area (TPSA) is 29.0 Å². The molecule has 94 valence electrons. The minimum atomic E-state index is -0.758. The molecule has 2 atom stereocenters. The van der Waals surface area contributed by atoms with Crippen LogP contribution in [-0.2, 0) is 0 Å². The normalized spacial score (nSPS) is 25.4. The fourth-order valence-electron chi connectivity index (χ4n) is 2.44. The van der Waals surface area contributed by atoms with Gasteiger partial charge in [-0.3, -0.25) is 0 Å². The van der Waals surface area contributed by atoms with Crippen molar-refractivity contribution in [2.75, 3.05) is 18.0 Å². The lowest BCUT2D eigenvalue weighted by Gasteiger charge is -2.36. The Morgan fingerprint density at radius 1 is 1.35 bits per heavy atom. The lowest BCUT2D eigenvalue weighted by molar-refractivity contribution is 0.153. The van der Waals surface area contributed by atoms with Crippen LogP contribution in [0.25, 0.3) is 0 Å². The average molecular weight is 237 g/mol. The molecule has 0 aromatic carbocycles. The SMILES string of the molecule is Cc1ccc(N2CCC(C(C)C)[C@@H](F)C2)nn1. The van der Waals surface area contributed by atoms with Crippen LogP contribution in [0.5, 0.6) is 0 Å². The Balaban J connectivity index is 2.04. The first kappa shape index (κ1) is 12.3. The molecule has 0 N–H and O–H groups in total. The molecule has 0 bridgehead atoms. The van der Waals surface area contributed by atoms with Crippen molar-refractivity contribution in [1.82, 2.24) is 10.2 Å². The summed E-state index contributed by atoms with van der Waals surface area (Å²) in [5, 5.41) is 8.13. The highest BCUT2D eigenvalue weighted by molar-refractivity contribution is 5.38. The van der Waals surface area contributed by atoms with Crippen LogP contribution in [0, 0.1) is 18.8 Å². The van der Waals surface area contributed by atoms with Gasteiger partial charge in [0.25, 0.3) is 0 Å². The van der Waals surface area contributed by atoms with Crippen LogP contribution < -0.4 is 4.90 Å². The van der Waals surface area contributed by atoms with Crippen LogP contribution in [0.15, 0.2) is 12.1 Å². The molecule has 2 heterocycles. The van der Waals surface area contributed by atoms with Gasteiger partial charge in [-0.2, -0.15) is 5.10 Å². The van der Waals surface area contributed by atoms with E-state index in [0.29, 0.717) is 12.5 Å². The lowest BCUT2D eigenvalue weighted by atomic mass is 9.85. The summed E-state index contributed by atoms with van der Waals surface area (Å²) in [6.45, 7) is 7.42. The Morgan fingerprint density at radius 2 is 2.12 bits per heavy atom. The van der Waals surface area contributed by atoms with E-state index in [1.165, 1.54) is 0 Å². The first-order chi connectivity index (χ1) is 8.08. The Bertz CT molecular complexity index is 363. The van der Waals surface area contributed by atoms with E-state index in [4.69, 9.17) is 0 Å². The van der Waals surface area contributed by atoms with Gasteiger partial charge >= 0.3 is 0 Å². The number of rotatable bonds is 2. The highest BCUT2D eigenvalue weighted by Gasteiger charge is 2.31. The number of halogens is 1. The molecule has 0 amide bonds. The Morgan fingerprint density at radius 3 is 2.65 bits per heavy atom. The molecule has 1 aliphatic heterocycles. The van der Waals surface area contributed by atoms with E-state index in [2.05, 4.69) is 24.0 Å². The molecule has 1 unspecified atom stereocenters. The van der Waals surface area contributed by atoms with Gasteiger partial charge in [0.05, 0.1) is 12.2 Å². The number of hydrogen-bond acceptors (Lipinski definition) is 3. The summed E-state index contributed by atoms with van der Waals surface area (Å²) in [4.78, 5) is 2.00. The van der Waals surface area contributed by atoms with Crippen molar-refractivity contribution in [3.8, 4) is 0 Å². The molecule has 4 heteroatoms. The Labute approximate surface area is 102 Å². The number of aromatic nitrogens is 2. The summed E-state index contributed by atoms with van der Waals surface area (Å²) in [5.41, 5.74) is 0.891. The third-order valence-electron chi connectivity index (χ3n) is 3.56. The fourth-order valence-corrected chi connectivity index (χ4v) is 2.44. The zero-order valence-electron chi connectivity index (χ0n) is 10.7. The predicted octanol–water partition coefficient (Wildman–Crippen LogP) is 2.61. The maximum absolute atomic E-state index is 14.0. The number of aryl methyl sites for hydroxylation is 1. The van der Waals surface area contributed by atoms with Crippen molar-refractivity contribution in [1.29, 1.82) is 0 Å². The van der Waals surface area contributed by atoms with Crippen LogP contribution in [0.4, 0.5) is 10.2 Å². The largest absolute Gasteiger partial charge is 0.352 e. The number of anilines is 1. The van der Waals surface area contributed by atoms with E-state index in [1.807, 2.05) is 24.0 Å². The molecule has 1 saturated heterocycles. The predicted molar refractivity (Wildman–Crippen MR) is 66.8 cm³/mol. The molecule has 1 fully saturated rings. The number of hydrogen-bond donors (Lipinski definition) is 0. The van der Waals surface area contributed by atoms with E-state index in [1.54, 1.807) is 0 Å². The molecule has 1 aliphatic rings. The second kappa shape index (κ2) is 4.98. The van der Waals surface area contributed by atoms with Crippen molar-refractivity contribution in [3.05, 3.63) is 17.8 Å². The van der Waals surface area contributed by atoms with Gasteiger partial charge in [0.15, 0.2) is 5.82 Å². The summed E-state index contributed by atoms with van der Waals surface area (Å²) in [5.74, 6) is 1.39. The maximum Gasteiger partial charge on any atom is 0.151 e. The molecule has 0 spiro atoms. The lowest BCUT2D eigenvalue weighted by Crippen LogP contribution is -2.44. The van der Waals surface area contributed by atoms with Crippen LogP contribution >= 0.6 is 0 Å². The molecule has 1 aromatic rings. The van der Waals surface area contributed by atoms with Gasteiger partial charge in [0.1, 0.15) is 6.17 Å². The van der Waals surface area contributed by atoms with Crippen molar-refractivity contribution in [3.63, 3.8) is 0 Å². The van der Waals surface area contributed by atoms with Gasteiger partial charge in [0, 0.05) is 6.54 Å². The number of nitrogens with zero attached hydrogens (tertiary/aromatic N) is 3. The van der Waals surface area contributed by atoms with E-state index < -0.39 is 6.17 Å². The van der Waals surface area contributed by atoms with Gasteiger partial charge in [-0.1, -0.05) is 13.8 Å². The van der Waals surface area contributed by atoms with Crippen molar-refractivity contribution >= 4 is 5.82 Å². The third kappa shape index (κ3) is 2.73. The first-order valence-corrected chi connectivity index (χ1v) is 6.27. The van der Waals surface area contributed by atoms with Crippen molar-refractivity contribution < 1.29 is 4.39 Å². The van der Waals surface area contributed by atoms with Gasteiger partial charge in [-0.05, 0) is 37.3 Å². The van der Waals surface area contributed by atoms with Crippen molar-refractivity contribution in [2.24, 2.45) is 11.8 Å². The summed E-state index contributed by atoms with van der Waals surface area (Å²) in [6, 6.07) is 3.84. The molecule has 3 nitrogen and oxygen atoms in total. The number of alkyl halides is 1. The molecule has 1 aromatic heterocycles. The molecule has 2 rings (SSSR count). The highest BCUT2D eigenvalue weighted by Crippen LogP contribution is 2.29. The van der Waals surface area contributed by atoms with E-state index >= 15 is 0 Å². The Kier molecular flexibility index (Phi) is 3.60. The van der Waals surface area contributed by atoms with Gasteiger partial charge in [-0.25, -0.2) is 4.39 Å². The average Bonchev–Trinajstić information content (AvgIpc) is 2.29. The maximum atomic E-state index is 14.0. The first-order valence-electron chi connectivity index (χ1n) is 6.27. The molecule has 17 heavy (non-hydrogen) atoms. The van der Waals surface area contributed by atoms with E-state index in [9.17, 15) is 4.39 Å². The highest BCUT2D eigenvalue weighted by atomic mass is 19.1. The van der Waals surface area contributed by atoms with Crippen LogP contribution in [-0.4, -0.2) is 29.5 Å².